The molecule has 0 spiro atoms. The Morgan fingerprint density at radius 1 is 0.964 bits per heavy atom. The van der Waals surface area contributed by atoms with Crippen molar-refractivity contribution in [2.75, 3.05) is 23.9 Å². The number of amides is 2. The van der Waals surface area contributed by atoms with Crippen LogP contribution < -0.4 is 15.0 Å². The van der Waals surface area contributed by atoms with Gasteiger partial charge >= 0.3 is 0 Å². The molecule has 2 amide bonds. The molecule has 142 valence electrons. The van der Waals surface area contributed by atoms with Crippen LogP contribution in [-0.4, -0.2) is 25.5 Å². The Balaban J connectivity index is 1.82. The average molecular weight is 395 g/mol. The molecule has 28 heavy (non-hydrogen) atoms. The molecular weight excluding hydrogens is 376 g/mol. The highest BCUT2D eigenvalue weighted by Crippen LogP contribution is 2.20. The molecule has 0 bridgehead atoms. The molecule has 6 heteroatoms. The first-order chi connectivity index (χ1) is 13.6. The molecule has 0 atom stereocenters. The maximum atomic E-state index is 13.1. The number of carbonyl (C=O) groups excluding carboxylic acids is 2. The van der Waals surface area contributed by atoms with Crippen molar-refractivity contribution in [1.29, 1.82) is 0 Å². The van der Waals surface area contributed by atoms with Gasteiger partial charge in [0.15, 0.2) is 0 Å². The number of halogens is 1. The molecule has 0 aliphatic heterocycles. The van der Waals surface area contributed by atoms with Gasteiger partial charge in [0, 0.05) is 22.0 Å². The van der Waals surface area contributed by atoms with Crippen LogP contribution in [0.15, 0.2) is 78.9 Å². The summed E-state index contributed by atoms with van der Waals surface area (Å²) in [5, 5.41) is 3.29. The SMILES string of the molecule is COc1ccc(C(=O)N(CC(=O)Nc2cccc(Cl)c2)c2ccccc2)cc1. The van der Waals surface area contributed by atoms with E-state index in [1.165, 1.54) is 4.90 Å². The van der Waals surface area contributed by atoms with Gasteiger partial charge in [-0.3, -0.25) is 14.5 Å². The number of nitrogens with zero attached hydrogens (tertiary/aromatic N) is 1. The normalized spacial score (nSPS) is 10.2. The Morgan fingerprint density at radius 2 is 1.68 bits per heavy atom. The van der Waals surface area contributed by atoms with E-state index >= 15 is 0 Å². The Bertz CT molecular complexity index is 959. The van der Waals surface area contributed by atoms with E-state index in [1.807, 2.05) is 18.2 Å². The van der Waals surface area contributed by atoms with Crippen molar-refractivity contribution in [3.8, 4) is 5.75 Å². The minimum Gasteiger partial charge on any atom is -0.497 e. The van der Waals surface area contributed by atoms with Crippen LogP contribution in [0.2, 0.25) is 5.02 Å². The van der Waals surface area contributed by atoms with Crippen molar-refractivity contribution in [2.45, 2.75) is 0 Å². The summed E-state index contributed by atoms with van der Waals surface area (Å²) in [6.45, 7) is -0.138. The first kappa shape index (κ1) is 19.5. The second-order valence-electron chi connectivity index (χ2n) is 6.01. The Kier molecular flexibility index (Phi) is 6.29. The average Bonchev–Trinajstić information content (AvgIpc) is 2.72. The number of hydrogen-bond acceptors (Lipinski definition) is 3. The lowest BCUT2D eigenvalue weighted by molar-refractivity contribution is -0.114. The molecule has 0 unspecified atom stereocenters. The molecule has 0 radical (unpaired) electrons. The van der Waals surface area contributed by atoms with E-state index in [1.54, 1.807) is 67.8 Å². The molecule has 1 N–H and O–H groups in total. The van der Waals surface area contributed by atoms with Crippen LogP contribution in [0.4, 0.5) is 11.4 Å². The summed E-state index contributed by atoms with van der Waals surface area (Å²) in [5.74, 6) is 0.0459. The second kappa shape index (κ2) is 9.06. The van der Waals surface area contributed by atoms with Crippen molar-refractivity contribution in [1.82, 2.24) is 0 Å². The number of ether oxygens (including phenoxy) is 1. The predicted molar refractivity (Wildman–Crippen MR) is 111 cm³/mol. The Hall–Kier alpha value is -3.31. The van der Waals surface area contributed by atoms with E-state index in [9.17, 15) is 9.59 Å². The van der Waals surface area contributed by atoms with E-state index in [4.69, 9.17) is 16.3 Å². The highest BCUT2D eigenvalue weighted by molar-refractivity contribution is 6.30. The first-order valence-corrected chi connectivity index (χ1v) is 9.01. The molecule has 0 aromatic heterocycles. The zero-order valence-corrected chi connectivity index (χ0v) is 16.0. The smallest absolute Gasteiger partial charge is 0.258 e. The number of carbonyl (C=O) groups is 2. The highest BCUT2D eigenvalue weighted by atomic mass is 35.5. The number of benzene rings is 3. The second-order valence-corrected chi connectivity index (χ2v) is 6.45. The van der Waals surface area contributed by atoms with E-state index in [0.717, 1.165) is 0 Å². The van der Waals surface area contributed by atoms with Gasteiger partial charge in [-0.05, 0) is 54.6 Å². The first-order valence-electron chi connectivity index (χ1n) is 8.63. The highest BCUT2D eigenvalue weighted by Gasteiger charge is 2.21. The summed E-state index contributed by atoms with van der Waals surface area (Å²) >= 11 is 5.96. The zero-order chi connectivity index (χ0) is 19.9. The maximum absolute atomic E-state index is 13.1. The molecule has 0 saturated heterocycles. The molecule has 5 nitrogen and oxygen atoms in total. The van der Waals surface area contributed by atoms with Gasteiger partial charge in [0.2, 0.25) is 5.91 Å². The fourth-order valence-corrected chi connectivity index (χ4v) is 2.88. The molecule has 3 aromatic rings. The summed E-state index contributed by atoms with van der Waals surface area (Å²) in [7, 11) is 1.56. The van der Waals surface area contributed by atoms with Gasteiger partial charge < -0.3 is 10.1 Å². The minimum absolute atomic E-state index is 0.138. The topological polar surface area (TPSA) is 58.6 Å². The number of methoxy groups -OCH3 is 1. The number of anilines is 2. The van der Waals surface area contributed by atoms with Crippen molar-refractivity contribution in [2.24, 2.45) is 0 Å². The third-order valence-corrected chi connectivity index (χ3v) is 4.30. The molecular formula is C22H19ClN2O3. The monoisotopic (exact) mass is 394 g/mol. The van der Waals surface area contributed by atoms with Crippen molar-refractivity contribution in [3.05, 3.63) is 89.4 Å². The molecule has 3 rings (SSSR count). The van der Waals surface area contributed by atoms with E-state index in [-0.39, 0.29) is 18.4 Å². The fourth-order valence-electron chi connectivity index (χ4n) is 2.69. The standard InChI is InChI=1S/C22H19ClN2O3/c1-28-20-12-10-16(11-13-20)22(27)25(19-8-3-2-4-9-19)15-21(26)24-18-7-5-6-17(23)14-18/h2-14H,15H2,1H3,(H,24,26). The lowest BCUT2D eigenvalue weighted by atomic mass is 10.1. The summed E-state index contributed by atoms with van der Waals surface area (Å²) < 4.78 is 5.13. The third kappa shape index (κ3) is 4.90. The number of rotatable bonds is 6. The molecule has 3 aromatic carbocycles. The predicted octanol–water partition coefficient (Wildman–Crippen LogP) is 4.63. The Labute approximate surface area is 168 Å². The maximum Gasteiger partial charge on any atom is 0.258 e. The molecule has 0 heterocycles. The Morgan fingerprint density at radius 3 is 2.32 bits per heavy atom. The van der Waals surface area contributed by atoms with Crippen LogP contribution in [0.3, 0.4) is 0 Å². The summed E-state index contributed by atoms with van der Waals surface area (Å²) in [6, 6.07) is 22.7. The van der Waals surface area contributed by atoms with Gasteiger partial charge in [-0.2, -0.15) is 0 Å². The van der Waals surface area contributed by atoms with Crippen LogP contribution in [0.1, 0.15) is 10.4 Å². The van der Waals surface area contributed by atoms with E-state index < -0.39 is 0 Å². The quantitative estimate of drug-likeness (QED) is 0.662. The molecule has 0 aliphatic carbocycles. The van der Waals surface area contributed by atoms with Crippen LogP contribution in [0, 0.1) is 0 Å². The summed E-state index contributed by atoms with van der Waals surface area (Å²) in [6.07, 6.45) is 0. The van der Waals surface area contributed by atoms with Gasteiger partial charge in [0.05, 0.1) is 7.11 Å². The van der Waals surface area contributed by atoms with Crippen molar-refractivity contribution >= 4 is 34.8 Å². The fraction of sp³-hybridized carbons (Fsp3) is 0.0909. The lowest BCUT2D eigenvalue weighted by Gasteiger charge is -2.22. The van der Waals surface area contributed by atoms with E-state index in [2.05, 4.69) is 5.32 Å². The van der Waals surface area contributed by atoms with Crippen LogP contribution in [-0.2, 0) is 4.79 Å². The van der Waals surface area contributed by atoms with Gasteiger partial charge in [0.25, 0.3) is 5.91 Å². The van der Waals surface area contributed by atoms with Gasteiger partial charge in [-0.15, -0.1) is 0 Å². The van der Waals surface area contributed by atoms with E-state index in [0.29, 0.717) is 27.7 Å². The van der Waals surface area contributed by atoms with Crippen LogP contribution >= 0.6 is 11.6 Å². The van der Waals surface area contributed by atoms with Crippen molar-refractivity contribution in [3.63, 3.8) is 0 Å². The lowest BCUT2D eigenvalue weighted by Crippen LogP contribution is -2.38. The van der Waals surface area contributed by atoms with Crippen LogP contribution in [0.25, 0.3) is 0 Å². The zero-order valence-electron chi connectivity index (χ0n) is 15.3. The summed E-state index contributed by atoms with van der Waals surface area (Å²) in [5.41, 5.74) is 1.66. The number of para-hydroxylation sites is 1. The van der Waals surface area contributed by atoms with Gasteiger partial charge in [-0.25, -0.2) is 0 Å². The number of hydrogen-bond donors (Lipinski definition) is 1. The summed E-state index contributed by atoms with van der Waals surface area (Å²) in [4.78, 5) is 27.1. The molecule has 0 saturated carbocycles. The van der Waals surface area contributed by atoms with Gasteiger partial charge in [0.1, 0.15) is 12.3 Å². The minimum atomic E-state index is -0.326. The van der Waals surface area contributed by atoms with Crippen LogP contribution in [0.5, 0.6) is 5.75 Å². The third-order valence-electron chi connectivity index (χ3n) is 4.06. The molecule has 0 fully saturated rings. The molecule has 0 aliphatic rings. The van der Waals surface area contributed by atoms with Gasteiger partial charge in [-0.1, -0.05) is 35.9 Å². The van der Waals surface area contributed by atoms with Crippen molar-refractivity contribution < 1.29 is 14.3 Å². The largest absolute Gasteiger partial charge is 0.497 e. The number of nitrogens with one attached hydrogen (secondary N) is 1.